The first kappa shape index (κ1) is 21.2. The largest absolute Gasteiger partial charge is 0.357 e. The Kier molecular flexibility index (Phi) is 11.3. The van der Waals surface area contributed by atoms with Gasteiger partial charge in [0, 0.05) is 35.3 Å². The van der Waals surface area contributed by atoms with Crippen molar-refractivity contribution in [2.75, 3.05) is 19.6 Å². The molecule has 1 unspecified atom stereocenters. The third-order valence-electron chi connectivity index (χ3n) is 2.79. The first-order valence-electron chi connectivity index (χ1n) is 7.42. The number of carbonyl (C=O) groups is 1. The fourth-order valence-electron chi connectivity index (χ4n) is 1.90. The van der Waals surface area contributed by atoms with E-state index in [4.69, 9.17) is 0 Å². The second kappa shape index (κ2) is 11.7. The molecule has 22 heavy (non-hydrogen) atoms. The second-order valence-electron chi connectivity index (χ2n) is 4.91. The summed E-state index contributed by atoms with van der Waals surface area (Å²) in [6.45, 7) is 9.69. The fraction of sp³-hybridized carbons (Fsp3) is 0.600. The Hall–Kier alpha value is -0.830. The van der Waals surface area contributed by atoms with E-state index in [1.54, 1.807) is 0 Å². The summed E-state index contributed by atoms with van der Waals surface area (Å²) >= 11 is 1.82. The van der Waals surface area contributed by atoms with E-state index in [2.05, 4.69) is 46.9 Å². The van der Waals surface area contributed by atoms with Gasteiger partial charge in [-0.25, -0.2) is 4.99 Å². The Morgan fingerprint density at radius 2 is 1.95 bits per heavy atom. The predicted octanol–water partition coefficient (Wildman–Crippen LogP) is 2.30. The first-order chi connectivity index (χ1) is 10.0. The zero-order valence-electron chi connectivity index (χ0n) is 13.7. The van der Waals surface area contributed by atoms with Gasteiger partial charge in [0.1, 0.15) is 6.54 Å². The van der Waals surface area contributed by atoms with Crippen LogP contribution in [0.2, 0.25) is 0 Å². The van der Waals surface area contributed by atoms with Gasteiger partial charge in [-0.3, -0.25) is 4.79 Å². The molecule has 1 aromatic heterocycles. The molecule has 0 saturated carbocycles. The van der Waals surface area contributed by atoms with Crippen molar-refractivity contribution < 1.29 is 4.79 Å². The lowest BCUT2D eigenvalue weighted by Gasteiger charge is -2.17. The number of nitrogens with zero attached hydrogens (tertiary/aromatic N) is 1. The summed E-state index contributed by atoms with van der Waals surface area (Å²) < 4.78 is 0. The molecule has 1 heterocycles. The standard InChI is InChI=1S/C15H26N4OS.HI/c1-5-16-14(20)10-18-15(17-6-2)19-11(3)9-13-8-7-12(4)21-13;/h7-8,11H,5-6,9-10H2,1-4H3,(H,16,20)(H2,17,18,19);1H. The number of nitrogens with one attached hydrogen (secondary N) is 3. The van der Waals surface area contributed by atoms with Gasteiger partial charge in [0.15, 0.2) is 5.96 Å². The van der Waals surface area contributed by atoms with E-state index in [-0.39, 0.29) is 42.5 Å². The maximum atomic E-state index is 11.5. The zero-order valence-corrected chi connectivity index (χ0v) is 16.9. The van der Waals surface area contributed by atoms with E-state index in [0.29, 0.717) is 12.5 Å². The average Bonchev–Trinajstić information content (AvgIpc) is 2.82. The topological polar surface area (TPSA) is 65.5 Å². The van der Waals surface area contributed by atoms with Gasteiger partial charge in [-0.05, 0) is 39.8 Å². The Morgan fingerprint density at radius 3 is 2.50 bits per heavy atom. The highest BCUT2D eigenvalue weighted by atomic mass is 127. The van der Waals surface area contributed by atoms with Crippen molar-refractivity contribution in [3.8, 4) is 0 Å². The Morgan fingerprint density at radius 1 is 1.27 bits per heavy atom. The molecule has 0 aliphatic carbocycles. The maximum Gasteiger partial charge on any atom is 0.241 e. The highest BCUT2D eigenvalue weighted by Gasteiger charge is 2.08. The molecule has 0 aliphatic rings. The van der Waals surface area contributed by atoms with Gasteiger partial charge in [0.25, 0.3) is 0 Å². The van der Waals surface area contributed by atoms with Crippen molar-refractivity contribution in [3.05, 3.63) is 21.9 Å². The number of thiophene rings is 1. The molecule has 1 amide bonds. The van der Waals surface area contributed by atoms with Gasteiger partial charge in [-0.2, -0.15) is 0 Å². The highest BCUT2D eigenvalue weighted by Crippen LogP contribution is 2.16. The normalized spacial score (nSPS) is 12.3. The van der Waals surface area contributed by atoms with E-state index in [1.807, 2.05) is 25.2 Å². The molecule has 0 fully saturated rings. The van der Waals surface area contributed by atoms with Gasteiger partial charge in [-0.15, -0.1) is 35.3 Å². The number of rotatable bonds is 7. The Balaban J connectivity index is 0.00000441. The third-order valence-corrected chi connectivity index (χ3v) is 3.81. The van der Waals surface area contributed by atoms with Crippen LogP contribution in [0.4, 0.5) is 0 Å². The number of hydrogen-bond acceptors (Lipinski definition) is 3. The van der Waals surface area contributed by atoms with Crippen molar-refractivity contribution in [3.63, 3.8) is 0 Å². The van der Waals surface area contributed by atoms with Crippen LogP contribution in [0.15, 0.2) is 17.1 Å². The Labute approximate surface area is 154 Å². The number of amides is 1. The fourth-order valence-corrected chi connectivity index (χ4v) is 2.92. The number of likely N-dealkylation sites (N-methyl/N-ethyl adjacent to an activating group) is 1. The minimum absolute atomic E-state index is 0. The number of carbonyl (C=O) groups excluding carboxylic acids is 1. The van der Waals surface area contributed by atoms with Gasteiger partial charge in [-0.1, -0.05) is 0 Å². The van der Waals surface area contributed by atoms with Crippen LogP contribution in [-0.4, -0.2) is 37.5 Å². The molecule has 126 valence electrons. The summed E-state index contributed by atoms with van der Waals surface area (Å²) in [5, 5.41) is 9.24. The molecule has 5 nitrogen and oxygen atoms in total. The van der Waals surface area contributed by atoms with Crippen molar-refractivity contribution in [1.82, 2.24) is 16.0 Å². The predicted molar refractivity (Wildman–Crippen MR) is 105 cm³/mol. The molecule has 1 atom stereocenters. The summed E-state index contributed by atoms with van der Waals surface area (Å²) in [5.74, 6) is 0.626. The summed E-state index contributed by atoms with van der Waals surface area (Å²) in [6.07, 6.45) is 0.948. The van der Waals surface area contributed by atoms with Gasteiger partial charge >= 0.3 is 0 Å². The molecular weight excluding hydrogens is 411 g/mol. The molecule has 0 aliphatic heterocycles. The highest BCUT2D eigenvalue weighted by molar-refractivity contribution is 14.0. The minimum Gasteiger partial charge on any atom is -0.357 e. The van der Waals surface area contributed by atoms with E-state index >= 15 is 0 Å². The van der Waals surface area contributed by atoms with Crippen molar-refractivity contribution in [2.45, 2.75) is 40.2 Å². The molecule has 7 heteroatoms. The SMILES string of the molecule is CCNC(=O)CN=C(NCC)NC(C)Cc1ccc(C)s1.I. The van der Waals surface area contributed by atoms with Crippen LogP contribution in [-0.2, 0) is 11.2 Å². The van der Waals surface area contributed by atoms with E-state index in [0.717, 1.165) is 13.0 Å². The van der Waals surface area contributed by atoms with E-state index < -0.39 is 0 Å². The van der Waals surface area contributed by atoms with Gasteiger partial charge < -0.3 is 16.0 Å². The average molecular weight is 438 g/mol. The lowest BCUT2D eigenvalue weighted by atomic mass is 10.2. The summed E-state index contributed by atoms with van der Waals surface area (Å²) in [4.78, 5) is 18.4. The number of aryl methyl sites for hydroxylation is 1. The first-order valence-corrected chi connectivity index (χ1v) is 8.23. The van der Waals surface area contributed by atoms with Crippen LogP contribution >= 0.6 is 35.3 Å². The molecule has 3 N–H and O–H groups in total. The third kappa shape index (κ3) is 8.57. The molecule has 0 bridgehead atoms. The molecule has 1 aromatic rings. The number of hydrogen-bond donors (Lipinski definition) is 3. The summed E-state index contributed by atoms with van der Waals surface area (Å²) in [5.41, 5.74) is 0. The molecule has 0 saturated heterocycles. The quantitative estimate of drug-likeness (QED) is 0.348. The molecule has 1 rings (SSSR count). The number of halogens is 1. The second-order valence-corrected chi connectivity index (χ2v) is 6.28. The van der Waals surface area contributed by atoms with Crippen LogP contribution in [0.25, 0.3) is 0 Å². The van der Waals surface area contributed by atoms with Crippen LogP contribution < -0.4 is 16.0 Å². The van der Waals surface area contributed by atoms with Crippen molar-refractivity contribution in [2.24, 2.45) is 4.99 Å². The minimum atomic E-state index is -0.0590. The number of aliphatic imine (C=N–C) groups is 1. The van der Waals surface area contributed by atoms with E-state index in [1.165, 1.54) is 9.75 Å². The summed E-state index contributed by atoms with van der Waals surface area (Å²) in [6, 6.07) is 4.56. The van der Waals surface area contributed by atoms with Crippen molar-refractivity contribution >= 4 is 47.2 Å². The molecular formula is C15H27IN4OS. The number of guanidine groups is 1. The van der Waals surface area contributed by atoms with Crippen LogP contribution in [0.3, 0.4) is 0 Å². The lowest BCUT2D eigenvalue weighted by molar-refractivity contribution is -0.119. The maximum absolute atomic E-state index is 11.5. The molecule has 0 radical (unpaired) electrons. The van der Waals surface area contributed by atoms with Gasteiger partial charge in [0.2, 0.25) is 5.91 Å². The van der Waals surface area contributed by atoms with Crippen LogP contribution in [0, 0.1) is 6.92 Å². The lowest BCUT2D eigenvalue weighted by Crippen LogP contribution is -2.43. The smallest absolute Gasteiger partial charge is 0.241 e. The van der Waals surface area contributed by atoms with Crippen LogP contribution in [0.1, 0.15) is 30.5 Å². The molecule has 0 spiro atoms. The zero-order chi connectivity index (χ0) is 15.7. The monoisotopic (exact) mass is 438 g/mol. The summed E-state index contributed by atoms with van der Waals surface area (Å²) in [7, 11) is 0. The Bertz CT molecular complexity index is 476. The van der Waals surface area contributed by atoms with Gasteiger partial charge in [0.05, 0.1) is 0 Å². The van der Waals surface area contributed by atoms with E-state index in [9.17, 15) is 4.79 Å². The molecule has 0 aromatic carbocycles. The van der Waals surface area contributed by atoms with Crippen molar-refractivity contribution in [1.29, 1.82) is 0 Å². The van der Waals surface area contributed by atoms with Crippen LogP contribution in [0.5, 0.6) is 0 Å².